The Morgan fingerprint density at radius 3 is 2.72 bits per heavy atom. The van der Waals surface area contributed by atoms with E-state index in [9.17, 15) is 4.79 Å². The molecule has 0 bridgehead atoms. The first-order valence-corrected chi connectivity index (χ1v) is 5.45. The van der Waals surface area contributed by atoms with E-state index < -0.39 is 0 Å². The molecule has 6 heteroatoms. The second-order valence-corrected chi connectivity index (χ2v) is 3.92. The van der Waals surface area contributed by atoms with Gasteiger partial charge in [-0.05, 0) is 37.1 Å². The number of hydrogen-bond donors (Lipinski definition) is 2. The van der Waals surface area contributed by atoms with Gasteiger partial charge in [-0.2, -0.15) is 4.98 Å². The molecule has 2 rings (SSSR count). The number of anilines is 1. The number of ether oxygens (including phenoxy) is 1. The molecule has 0 unspecified atom stereocenters. The quantitative estimate of drug-likeness (QED) is 0.863. The maximum Gasteiger partial charge on any atom is 0.336 e. The molecule has 0 aliphatic heterocycles. The van der Waals surface area contributed by atoms with Crippen molar-refractivity contribution < 1.29 is 9.53 Å². The number of nitrogens with zero attached hydrogens (tertiary/aromatic N) is 2. The Labute approximate surface area is 104 Å². The van der Waals surface area contributed by atoms with Crippen LogP contribution in [0.3, 0.4) is 0 Å². The van der Waals surface area contributed by atoms with Gasteiger partial charge in [0.25, 0.3) is 5.91 Å². The van der Waals surface area contributed by atoms with Gasteiger partial charge in [-0.1, -0.05) is 6.07 Å². The summed E-state index contributed by atoms with van der Waals surface area (Å²) < 4.78 is 4.81. The summed E-state index contributed by atoms with van der Waals surface area (Å²) in [6.45, 7) is 3.96. The zero-order valence-corrected chi connectivity index (χ0v) is 10.4. The summed E-state index contributed by atoms with van der Waals surface area (Å²) in [5.74, 6) is 0.0204. The molecule has 1 aromatic heterocycles. The molecule has 0 aliphatic rings. The van der Waals surface area contributed by atoms with Crippen LogP contribution in [0.25, 0.3) is 0 Å². The lowest BCUT2D eigenvalue weighted by Gasteiger charge is -2.04. The fraction of sp³-hybridized carbons (Fsp3) is 0.250. The maximum atomic E-state index is 11.9. The Kier molecular flexibility index (Phi) is 3.27. The molecule has 0 aliphatic carbocycles. The third-order valence-electron chi connectivity index (χ3n) is 2.65. The van der Waals surface area contributed by atoms with Crippen molar-refractivity contribution in [3.63, 3.8) is 0 Å². The molecule has 0 radical (unpaired) electrons. The second kappa shape index (κ2) is 4.87. The van der Waals surface area contributed by atoms with Crippen LogP contribution in [0.15, 0.2) is 18.2 Å². The van der Waals surface area contributed by atoms with Crippen LogP contribution < -0.4 is 10.1 Å². The average molecular weight is 246 g/mol. The number of hydrogen-bond acceptors (Lipinski definition) is 4. The predicted octanol–water partition coefficient (Wildman–Crippen LogP) is 1.68. The highest BCUT2D eigenvalue weighted by molar-refractivity contribution is 6.03. The number of amides is 1. The Morgan fingerprint density at radius 1 is 1.33 bits per heavy atom. The molecule has 18 heavy (non-hydrogen) atoms. The Bertz CT molecular complexity index is 577. The predicted molar refractivity (Wildman–Crippen MR) is 66.8 cm³/mol. The molecule has 2 aromatic rings. The van der Waals surface area contributed by atoms with E-state index in [-0.39, 0.29) is 17.9 Å². The molecule has 0 saturated carbocycles. The maximum absolute atomic E-state index is 11.9. The number of benzene rings is 1. The molecule has 2 N–H and O–H groups in total. The third kappa shape index (κ3) is 2.48. The summed E-state index contributed by atoms with van der Waals surface area (Å²) in [4.78, 5) is 15.8. The van der Waals surface area contributed by atoms with Gasteiger partial charge in [0.05, 0.1) is 7.11 Å². The Morgan fingerprint density at radius 2 is 2.11 bits per heavy atom. The van der Waals surface area contributed by atoms with Crippen LogP contribution in [0.5, 0.6) is 6.01 Å². The molecule has 6 nitrogen and oxygen atoms in total. The van der Waals surface area contributed by atoms with Crippen molar-refractivity contribution in [1.29, 1.82) is 0 Å². The first-order valence-electron chi connectivity index (χ1n) is 5.45. The van der Waals surface area contributed by atoms with E-state index in [2.05, 4.69) is 20.5 Å². The van der Waals surface area contributed by atoms with Gasteiger partial charge in [0, 0.05) is 5.56 Å². The van der Waals surface area contributed by atoms with Gasteiger partial charge in [0.1, 0.15) is 0 Å². The number of aryl methyl sites for hydroxylation is 2. The second-order valence-electron chi connectivity index (χ2n) is 3.92. The van der Waals surface area contributed by atoms with Gasteiger partial charge in [-0.3, -0.25) is 10.1 Å². The molecule has 1 heterocycles. The van der Waals surface area contributed by atoms with Crippen LogP contribution in [0.4, 0.5) is 5.95 Å². The van der Waals surface area contributed by atoms with Gasteiger partial charge in [0.15, 0.2) is 0 Å². The first kappa shape index (κ1) is 12.1. The highest BCUT2D eigenvalue weighted by Crippen LogP contribution is 2.12. The van der Waals surface area contributed by atoms with Gasteiger partial charge in [-0.15, -0.1) is 5.10 Å². The van der Waals surface area contributed by atoms with E-state index in [0.717, 1.165) is 11.1 Å². The topological polar surface area (TPSA) is 79.9 Å². The minimum absolute atomic E-state index is 0.186. The summed E-state index contributed by atoms with van der Waals surface area (Å²) in [5.41, 5.74) is 2.79. The van der Waals surface area contributed by atoms with Crippen LogP contribution in [-0.2, 0) is 0 Å². The van der Waals surface area contributed by atoms with E-state index in [1.165, 1.54) is 7.11 Å². The van der Waals surface area contributed by atoms with E-state index in [0.29, 0.717) is 5.56 Å². The minimum atomic E-state index is -0.239. The molecule has 0 fully saturated rings. The van der Waals surface area contributed by atoms with Crippen molar-refractivity contribution in [3.8, 4) is 6.01 Å². The monoisotopic (exact) mass is 246 g/mol. The zero-order valence-electron chi connectivity index (χ0n) is 10.4. The molecular weight excluding hydrogens is 232 g/mol. The van der Waals surface area contributed by atoms with E-state index in [4.69, 9.17) is 4.74 Å². The lowest BCUT2D eigenvalue weighted by Crippen LogP contribution is -2.13. The lowest BCUT2D eigenvalue weighted by atomic mass is 10.1. The Balaban J connectivity index is 2.14. The largest absolute Gasteiger partial charge is 0.466 e. The number of carbonyl (C=O) groups is 1. The number of aromatic nitrogens is 3. The van der Waals surface area contributed by atoms with Crippen LogP contribution in [0.1, 0.15) is 21.5 Å². The van der Waals surface area contributed by atoms with E-state index in [1.54, 1.807) is 6.07 Å². The Hall–Kier alpha value is -2.37. The van der Waals surface area contributed by atoms with Crippen molar-refractivity contribution >= 4 is 11.9 Å². The lowest BCUT2D eigenvalue weighted by molar-refractivity contribution is 0.102. The number of carbonyl (C=O) groups excluding carboxylic acids is 1. The summed E-state index contributed by atoms with van der Waals surface area (Å²) in [7, 11) is 1.46. The molecule has 1 amide bonds. The summed E-state index contributed by atoms with van der Waals surface area (Å²) in [5, 5.41) is 8.92. The smallest absolute Gasteiger partial charge is 0.336 e. The summed E-state index contributed by atoms with van der Waals surface area (Å²) in [6.07, 6.45) is 0. The number of nitrogens with one attached hydrogen (secondary N) is 2. The highest BCUT2D eigenvalue weighted by Gasteiger charge is 2.10. The first-order chi connectivity index (χ1) is 8.60. The van der Waals surface area contributed by atoms with Gasteiger partial charge in [-0.25, -0.2) is 5.10 Å². The average Bonchev–Trinajstić information content (AvgIpc) is 2.80. The van der Waals surface area contributed by atoms with Gasteiger partial charge in [0.2, 0.25) is 5.95 Å². The van der Waals surface area contributed by atoms with Crippen molar-refractivity contribution in [1.82, 2.24) is 15.2 Å². The van der Waals surface area contributed by atoms with Gasteiger partial charge >= 0.3 is 6.01 Å². The van der Waals surface area contributed by atoms with Crippen LogP contribution in [0, 0.1) is 13.8 Å². The zero-order chi connectivity index (χ0) is 13.1. The summed E-state index contributed by atoms with van der Waals surface area (Å²) >= 11 is 0. The molecule has 0 atom stereocenters. The summed E-state index contributed by atoms with van der Waals surface area (Å²) in [6, 6.07) is 5.69. The highest BCUT2D eigenvalue weighted by atomic mass is 16.5. The fourth-order valence-electron chi connectivity index (χ4n) is 1.46. The standard InChI is InChI=1S/C12H14N4O2/c1-7-4-5-9(6-8(7)2)10(17)13-11-14-12(18-3)16-15-11/h4-6H,1-3H3,(H2,13,14,15,16,17). The van der Waals surface area contributed by atoms with Crippen LogP contribution in [0.2, 0.25) is 0 Å². The van der Waals surface area contributed by atoms with E-state index >= 15 is 0 Å². The fourth-order valence-corrected chi connectivity index (χ4v) is 1.46. The van der Waals surface area contributed by atoms with Gasteiger partial charge < -0.3 is 4.74 Å². The molecule has 94 valence electrons. The van der Waals surface area contributed by atoms with Crippen molar-refractivity contribution in [2.45, 2.75) is 13.8 Å². The van der Waals surface area contributed by atoms with Crippen LogP contribution in [-0.4, -0.2) is 28.2 Å². The van der Waals surface area contributed by atoms with E-state index in [1.807, 2.05) is 26.0 Å². The third-order valence-corrected chi connectivity index (χ3v) is 2.65. The number of rotatable bonds is 3. The molecule has 0 saturated heterocycles. The number of aromatic amines is 1. The number of methoxy groups -OCH3 is 1. The molecule has 0 spiro atoms. The molecular formula is C12H14N4O2. The minimum Gasteiger partial charge on any atom is -0.466 e. The SMILES string of the molecule is COc1n[nH]c(NC(=O)c2ccc(C)c(C)c2)n1. The van der Waals surface area contributed by atoms with Crippen LogP contribution >= 0.6 is 0 Å². The van der Waals surface area contributed by atoms with Crippen molar-refractivity contribution in [3.05, 3.63) is 34.9 Å². The molecule has 1 aromatic carbocycles. The number of H-pyrrole nitrogens is 1. The normalized spacial score (nSPS) is 10.2. The van der Waals surface area contributed by atoms with Crippen molar-refractivity contribution in [2.24, 2.45) is 0 Å². The van der Waals surface area contributed by atoms with Crippen molar-refractivity contribution in [2.75, 3.05) is 12.4 Å².